The van der Waals surface area contributed by atoms with Crippen LogP contribution in [0.1, 0.15) is 56.3 Å². The molecule has 2 aromatic heterocycles. The van der Waals surface area contributed by atoms with Crippen molar-refractivity contribution in [2.75, 3.05) is 6.54 Å². The first-order valence-corrected chi connectivity index (χ1v) is 8.31. The molecular weight excluding hydrogens is 309 g/mol. The molecule has 1 unspecified atom stereocenters. The van der Waals surface area contributed by atoms with E-state index in [0.29, 0.717) is 18.3 Å². The Hall–Kier alpha value is -2.28. The lowest BCUT2D eigenvalue weighted by Crippen LogP contribution is -2.23. The molecule has 7 heteroatoms. The minimum absolute atomic E-state index is 0.162. The van der Waals surface area contributed by atoms with Crippen molar-refractivity contribution in [1.29, 1.82) is 0 Å². The van der Waals surface area contributed by atoms with Crippen LogP contribution in [-0.4, -0.2) is 31.6 Å². The van der Waals surface area contributed by atoms with Crippen molar-refractivity contribution < 1.29 is 8.81 Å². The van der Waals surface area contributed by atoms with Crippen LogP contribution in [0.4, 0.5) is 4.39 Å². The zero-order valence-electron chi connectivity index (χ0n) is 13.8. The lowest BCUT2D eigenvalue weighted by Gasteiger charge is -2.20. The van der Waals surface area contributed by atoms with Crippen LogP contribution in [0.5, 0.6) is 0 Å². The van der Waals surface area contributed by atoms with Crippen molar-refractivity contribution in [2.45, 2.75) is 45.2 Å². The van der Waals surface area contributed by atoms with Crippen molar-refractivity contribution >= 4 is 11.0 Å². The number of rotatable bonds is 4. The molecule has 0 radical (unpaired) electrons. The number of nitrogens with one attached hydrogen (secondary N) is 1. The maximum atomic E-state index is 13.4. The highest BCUT2D eigenvalue weighted by molar-refractivity contribution is 5.75. The van der Waals surface area contributed by atoms with Crippen LogP contribution in [-0.2, 0) is 6.54 Å². The number of imidazole rings is 1. The largest absolute Gasteiger partial charge is 0.424 e. The maximum Gasteiger partial charge on any atom is 0.230 e. The van der Waals surface area contributed by atoms with Gasteiger partial charge in [0, 0.05) is 5.92 Å². The first-order chi connectivity index (χ1) is 11.6. The number of fused-ring (bicyclic) bond motifs is 1. The van der Waals surface area contributed by atoms with Crippen LogP contribution in [0.15, 0.2) is 22.6 Å². The third kappa shape index (κ3) is 2.80. The lowest BCUT2D eigenvalue weighted by molar-refractivity contribution is 0.215. The van der Waals surface area contributed by atoms with Gasteiger partial charge < -0.3 is 9.40 Å². The van der Waals surface area contributed by atoms with E-state index in [9.17, 15) is 4.39 Å². The van der Waals surface area contributed by atoms with Crippen LogP contribution in [0.3, 0.4) is 0 Å². The molecule has 6 nitrogen and oxygen atoms in total. The minimum atomic E-state index is -0.256. The van der Waals surface area contributed by atoms with Crippen molar-refractivity contribution in [3.63, 3.8) is 0 Å². The van der Waals surface area contributed by atoms with E-state index in [1.807, 2.05) is 13.8 Å². The second-order valence-corrected chi connectivity index (χ2v) is 6.60. The number of halogens is 1. The van der Waals surface area contributed by atoms with E-state index in [4.69, 9.17) is 4.42 Å². The fraction of sp³-hybridized carbons (Fsp3) is 0.471. The Labute approximate surface area is 139 Å². The molecule has 1 atom stereocenters. The molecule has 1 aliphatic heterocycles. The van der Waals surface area contributed by atoms with Gasteiger partial charge in [0.05, 0.1) is 23.6 Å². The van der Waals surface area contributed by atoms with E-state index in [1.165, 1.54) is 12.1 Å². The smallest absolute Gasteiger partial charge is 0.230 e. The normalized spacial score (nSPS) is 18.9. The molecule has 0 spiro atoms. The topological polar surface area (TPSA) is 70.8 Å². The average molecular weight is 329 g/mol. The highest BCUT2D eigenvalue weighted by Gasteiger charge is 2.30. The summed E-state index contributed by atoms with van der Waals surface area (Å²) in [5.74, 6) is 2.14. The summed E-state index contributed by atoms with van der Waals surface area (Å²) >= 11 is 0. The predicted molar refractivity (Wildman–Crippen MR) is 86.8 cm³/mol. The molecule has 4 rings (SSSR count). The first kappa shape index (κ1) is 15.3. The van der Waals surface area contributed by atoms with Gasteiger partial charge in [-0.25, -0.2) is 9.37 Å². The summed E-state index contributed by atoms with van der Waals surface area (Å²) in [5.41, 5.74) is 1.52. The van der Waals surface area contributed by atoms with Crippen LogP contribution in [0.25, 0.3) is 11.0 Å². The van der Waals surface area contributed by atoms with Crippen LogP contribution in [0.2, 0.25) is 0 Å². The Morgan fingerprint density at radius 1 is 1.38 bits per heavy atom. The molecular formula is C17H20FN5O. The van der Waals surface area contributed by atoms with Gasteiger partial charge in [-0.15, -0.1) is 10.2 Å². The molecule has 126 valence electrons. The summed E-state index contributed by atoms with van der Waals surface area (Å²) in [6.45, 7) is 5.62. The first-order valence-electron chi connectivity index (χ1n) is 8.31. The van der Waals surface area contributed by atoms with Gasteiger partial charge >= 0.3 is 0 Å². The van der Waals surface area contributed by atoms with Crippen LogP contribution < -0.4 is 0 Å². The van der Waals surface area contributed by atoms with Crippen molar-refractivity contribution in [1.82, 2.24) is 25.1 Å². The predicted octanol–water partition coefficient (Wildman–Crippen LogP) is 3.55. The van der Waals surface area contributed by atoms with E-state index >= 15 is 0 Å². The number of hydrogen-bond acceptors (Lipinski definition) is 5. The third-order valence-electron chi connectivity index (χ3n) is 4.46. The SMILES string of the molecule is CC(C)c1nnc(CN2CCCC2c2nc3ccc(F)cc3[nH]2)o1. The number of likely N-dealkylation sites (tertiary alicyclic amines) is 1. The molecule has 3 heterocycles. The van der Waals surface area contributed by atoms with Gasteiger partial charge in [0.25, 0.3) is 0 Å². The highest BCUT2D eigenvalue weighted by atomic mass is 19.1. The Morgan fingerprint density at radius 3 is 3.04 bits per heavy atom. The fourth-order valence-corrected chi connectivity index (χ4v) is 3.22. The van der Waals surface area contributed by atoms with E-state index in [-0.39, 0.29) is 17.8 Å². The molecule has 1 saturated heterocycles. The Bertz CT molecular complexity index is 856. The fourth-order valence-electron chi connectivity index (χ4n) is 3.22. The van der Waals surface area contributed by atoms with E-state index in [2.05, 4.69) is 25.1 Å². The van der Waals surface area contributed by atoms with Gasteiger partial charge in [-0.2, -0.15) is 0 Å². The number of benzene rings is 1. The molecule has 24 heavy (non-hydrogen) atoms. The summed E-state index contributed by atoms with van der Waals surface area (Å²) in [7, 11) is 0. The van der Waals surface area contributed by atoms with E-state index < -0.39 is 0 Å². The second kappa shape index (κ2) is 5.98. The Kier molecular flexibility index (Phi) is 3.80. The van der Waals surface area contributed by atoms with Crippen molar-refractivity contribution in [3.8, 4) is 0 Å². The van der Waals surface area contributed by atoms with Gasteiger partial charge in [-0.3, -0.25) is 4.90 Å². The zero-order valence-corrected chi connectivity index (χ0v) is 13.8. The van der Waals surface area contributed by atoms with Crippen molar-refractivity contribution in [3.05, 3.63) is 41.6 Å². The number of aromatic nitrogens is 4. The summed E-state index contributed by atoms with van der Waals surface area (Å²) in [4.78, 5) is 10.2. The van der Waals surface area contributed by atoms with Gasteiger partial charge in [0.15, 0.2) is 0 Å². The zero-order chi connectivity index (χ0) is 16.7. The number of hydrogen-bond donors (Lipinski definition) is 1. The second-order valence-electron chi connectivity index (χ2n) is 6.60. The highest BCUT2D eigenvalue weighted by Crippen LogP contribution is 2.32. The quantitative estimate of drug-likeness (QED) is 0.792. The van der Waals surface area contributed by atoms with Crippen LogP contribution in [0, 0.1) is 5.82 Å². The van der Waals surface area contributed by atoms with Gasteiger partial charge in [0.1, 0.15) is 11.6 Å². The van der Waals surface area contributed by atoms with E-state index in [1.54, 1.807) is 6.07 Å². The Morgan fingerprint density at radius 2 is 2.25 bits per heavy atom. The van der Waals surface area contributed by atoms with Gasteiger partial charge in [-0.1, -0.05) is 13.8 Å². The molecule has 0 aliphatic carbocycles. The molecule has 0 saturated carbocycles. The number of aromatic amines is 1. The summed E-state index contributed by atoms with van der Waals surface area (Å²) in [6, 6.07) is 4.79. The van der Waals surface area contributed by atoms with Gasteiger partial charge in [0.2, 0.25) is 11.8 Å². The number of H-pyrrole nitrogens is 1. The van der Waals surface area contributed by atoms with Crippen LogP contribution >= 0.6 is 0 Å². The average Bonchev–Trinajstić information content (AvgIpc) is 3.25. The molecule has 1 fully saturated rings. The summed E-state index contributed by atoms with van der Waals surface area (Å²) in [6.07, 6.45) is 2.09. The van der Waals surface area contributed by atoms with Crippen molar-refractivity contribution in [2.24, 2.45) is 0 Å². The molecule has 1 N–H and O–H groups in total. The molecule has 1 aromatic carbocycles. The Balaban J connectivity index is 1.56. The molecule has 3 aromatic rings. The summed E-state index contributed by atoms with van der Waals surface area (Å²) < 4.78 is 19.1. The molecule has 1 aliphatic rings. The summed E-state index contributed by atoms with van der Waals surface area (Å²) in [5, 5.41) is 8.24. The molecule has 0 bridgehead atoms. The maximum absolute atomic E-state index is 13.4. The number of nitrogens with zero attached hydrogens (tertiary/aromatic N) is 4. The third-order valence-corrected chi connectivity index (χ3v) is 4.46. The molecule has 0 amide bonds. The monoisotopic (exact) mass is 329 g/mol. The van der Waals surface area contributed by atoms with E-state index in [0.717, 1.165) is 36.2 Å². The minimum Gasteiger partial charge on any atom is -0.424 e. The van der Waals surface area contributed by atoms with Gasteiger partial charge in [-0.05, 0) is 37.6 Å². The lowest BCUT2D eigenvalue weighted by atomic mass is 10.2. The standard InChI is InChI=1S/C17H20FN5O/c1-10(2)17-22-21-15(24-17)9-23-7-3-4-14(23)16-19-12-6-5-11(18)8-13(12)20-16/h5-6,8,10,14H,3-4,7,9H2,1-2H3,(H,19,20).